The molecule has 30 heavy (non-hydrogen) atoms. The number of hydrogen-bond acceptors (Lipinski definition) is 7. The molecule has 0 bridgehead atoms. The maximum absolute atomic E-state index is 13.1. The minimum atomic E-state index is -0.685. The monoisotopic (exact) mass is 444 g/mol. The molecule has 1 aliphatic carbocycles. The second-order valence-corrected chi connectivity index (χ2v) is 7.97. The summed E-state index contributed by atoms with van der Waals surface area (Å²) in [6.45, 7) is 2.28. The van der Waals surface area contributed by atoms with Gasteiger partial charge in [0, 0.05) is 43.5 Å². The van der Waals surface area contributed by atoms with Crippen molar-refractivity contribution < 1.29 is 66.0 Å². The normalized spacial score (nSPS) is 26.8. The number of piperidine rings is 1. The number of aliphatic imine (C=N–C) groups is 1. The van der Waals surface area contributed by atoms with E-state index in [2.05, 4.69) is 20.2 Å². The second kappa shape index (κ2) is 11.9. The first kappa shape index (κ1) is 25.7. The van der Waals surface area contributed by atoms with Crippen LogP contribution in [0.15, 0.2) is 35.3 Å². The molecule has 2 heterocycles. The third-order valence-electron chi connectivity index (χ3n) is 6.04. The molecule has 1 saturated heterocycles. The zero-order valence-corrected chi connectivity index (χ0v) is 20.7. The first-order valence-corrected chi connectivity index (χ1v) is 10.1. The van der Waals surface area contributed by atoms with E-state index in [0.29, 0.717) is 12.6 Å². The average molecular weight is 445 g/mol. The number of pyridine rings is 1. The third-order valence-corrected chi connectivity index (χ3v) is 6.04. The molecule has 10 heteroatoms. The van der Waals surface area contributed by atoms with Gasteiger partial charge >= 0.3 is 51.4 Å². The Morgan fingerprint density at radius 2 is 2.03 bits per heavy atom. The van der Waals surface area contributed by atoms with Crippen LogP contribution in [0.25, 0.3) is 0 Å². The van der Waals surface area contributed by atoms with Gasteiger partial charge in [0.1, 0.15) is 5.84 Å². The van der Waals surface area contributed by atoms with Gasteiger partial charge in [-0.3, -0.25) is 0 Å². The predicted octanol–water partition coefficient (Wildman–Crippen LogP) is -2.90. The Hall–Kier alpha value is -0.594. The number of amidine groups is 1. The molecular weight excluding hydrogens is 414 g/mol. The molecule has 2 fully saturated rings. The smallest absolute Gasteiger partial charge is 0.869 e. The van der Waals surface area contributed by atoms with E-state index in [9.17, 15) is 14.6 Å². The Balaban J connectivity index is 0.00000320. The van der Waals surface area contributed by atoms with Crippen molar-refractivity contribution >= 4 is 11.5 Å². The van der Waals surface area contributed by atoms with Crippen molar-refractivity contribution in [3.63, 3.8) is 0 Å². The summed E-state index contributed by atoms with van der Waals surface area (Å²) < 4.78 is 13.1. The van der Waals surface area contributed by atoms with Gasteiger partial charge in [-0.05, 0) is 56.6 Å². The Labute approximate surface area is 219 Å². The van der Waals surface area contributed by atoms with Gasteiger partial charge in [-0.25, -0.2) is 9.98 Å². The zero-order chi connectivity index (χ0) is 20.9. The minimum Gasteiger partial charge on any atom is -0.869 e. The maximum Gasteiger partial charge on any atom is 1.00 e. The van der Waals surface area contributed by atoms with Crippen LogP contribution in [0.5, 0.6) is 0 Å². The molecular formula is C20H30FKN6O2. The van der Waals surface area contributed by atoms with Gasteiger partial charge in [0.2, 0.25) is 5.95 Å². The van der Waals surface area contributed by atoms with E-state index in [1.54, 1.807) is 0 Å². The van der Waals surface area contributed by atoms with E-state index >= 15 is 0 Å². The van der Waals surface area contributed by atoms with Crippen molar-refractivity contribution in [1.82, 2.24) is 15.2 Å². The Bertz CT molecular complexity index is 747. The molecule has 6 N–H and O–H groups in total. The van der Waals surface area contributed by atoms with Crippen LogP contribution >= 0.6 is 0 Å². The van der Waals surface area contributed by atoms with Crippen molar-refractivity contribution in [2.75, 3.05) is 19.6 Å². The van der Waals surface area contributed by atoms with Gasteiger partial charge in [-0.15, -0.1) is 0 Å². The van der Waals surface area contributed by atoms with Gasteiger partial charge < -0.3 is 31.9 Å². The van der Waals surface area contributed by atoms with Crippen LogP contribution in [0.4, 0.5) is 10.1 Å². The van der Waals surface area contributed by atoms with Crippen LogP contribution in [-0.2, 0) is 0 Å². The molecule has 1 saturated carbocycles. The molecule has 160 valence electrons. The number of nitrogens with one attached hydrogen (secondary N) is 1. The van der Waals surface area contributed by atoms with Gasteiger partial charge in [-0.2, -0.15) is 4.39 Å². The standard InChI is InChI=1S/C20H31FN6O2.K/c21-18-11-14(3-8-24-18)26-19(23)17(29)12-25-20(13-22)6-1-15(2-7-20)27-9-4-16(28)5-10-27;/h3,8,11-12,15-16,25,28-29H,1-2,4-7,9-10,13,22H2,(H2,23,24,26);/q;+1/p-1/b17-12+;. The summed E-state index contributed by atoms with van der Waals surface area (Å²) in [5.74, 6) is -1.38. The van der Waals surface area contributed by atoms with Crippen LogP contribution in [0.3, 0.4) is 0 Å². The predicted molar refractivity (Wildman–Crippen MR) is 108 cm³/mol. The van der Waals surface area contributed by atoms with Crippen LogP contribution in [0.2, 0.25) is 0 Å². The molecule has 1 aromatic rings. The molecule has 1 aromatic heterocycles. The number of likely N-dealkylation sites (tertiary alicyclic amines) is 1. The quantitative estimate of drug-likeness (QED) is 0.122. The van der Waals surface area contributed by atoms with Crippen molar-refractivity contribution in [3.8, 4) is 0 Å². The fraction of sp³-hybridized carbons (Fsp3) is 0.600. The van der Waals surface area contributed by atoms with Crippen LogP contribution in [-0.4, -0.2) is 58.1 Å². The Morgan fingerprint density at radius 3 is 2.63 bits per heavy atom. The number of aliphatic hydroxyl groups is 1. The van der Waals surface area contributed by atoms with E-state index in [1.807, 2.05) is 0 Å². The summed E-state index contributed by atoms with van der Waals surface area (Å²) in [5.41, 5.74) is 11.7. The molecule has 0 amide bonds. The van der Waals surface area contributed by atoms with E-state index in [1.165, 1.54) is 18.5 Å². The fourth-order valence-electron chi connectivity index (χ4n) is 4.13. The van der Waals surface area contributed by atoms with Gasteiger partial charge in [0.15, 0.2) is 0 Å². The minimum absolute atomic E-state index is 0. The van der Waals surface area contributed by atoms with Crippen molar-refractivity contribution in [2.45, 2.75) is 56.2 Å². The number of hydrogen-bond donors (Lipinski definition) is 4. The molecule has 0 aromatic carbocycles. The molecule has 0 atom stereocenters. The molecule has 2 aliphatic rings. The summed E-state index contributed by atoms with van der Waals surface area (Å²) >= 11 is 0. The van der Waals surface area contributed by atoms with Crippen molar-refractivity contribution in [3.05, 3.63) is 36.2 Å². The number of rotatable bonds is 6. The largest absolute Gasteiger partial charge is 1.00 e. The molecule has 0 unspecified atom stereocenters. The Kier molecular flexibility index (Phi) is 10.2. The molecule has 8 nitrogen and oxygen atoms in total. The topological polar surface area (TPSA) is 136 Å². The molecule has 0 radical (unpaired) electrons. The summed E-state index contributed by atoms with van der Waals surface area (Å²) in [6.07, 6.45) is 7.76. The average Bonchev–Trinajstić information content (AvgIpc) is 2.73. The number of nitrogens with zero attached hydrogens (tertiary/aromatic N) is 3. The van der Waals surface area contributed by atoms with E-state index in [0.717, 1.165) is 57.7 Å². The molecule has 1 aliphatic heterocycles. The first-order chi connectivity index (χ1) is 13.9. The molecule has 0 spiro atoms. The van der Waals surface area contributed by atoms with Gasteiger partial charge in [-0.1, -0.05) is 0 Å². The first-order valence-electron chi connectivity index (χ1n) is 10.1. The number of aliphatic hydroxyl groups excluding tert-OH is 1. The molecule has 3 rings (SSSR count). The zero-order valence-electron chi connectivity index (χ0n) is 17.6. The number of nitrogens with two attached hydrogens (primary N) is 2. The summed E-state index contributed by atoms with van der Waals surface area (Å²) in [6, 6.07) is 3.07. The maximum atomic E-state index is 13.1. The number of aromatic nitrogens is 1. The van der Waals surface area contributed by atoms with Gasteiger partial charge in [0.05, 0.1) is 11.8 Å². The summed E-state index contributed by atoms with van der Waals surface area (Å²) in [5, 5.41) is 25.2. The van der Waals surface area contributed by atoms with Gasteiger partial charge in [0.25, 0.3) is 0 Å². The third kappa shape index (κ3) is 6.96. The van der Waals surface area contributed by atoms with Crippen LogP contribution in [0, 0.1) is 5.95 Å². The van der Waals surface area contributed by atoms with Crippen molar-refractivity contribution in [2.24, 2.45) is 16.5 Å². The van der Waals surface area contributed by atoms with E-state index < -0.39 is 11.7 Å². The second-order valence-electron chi connectivity index (χ2n) is 7.97. The number of halogens is 1. The SMILES string of the molecule is NCC1(N/C=C(/[O-])C(N)=Nc2ccnc(F)c2)CCC(N2CCC(O)CC2)CC1.[K+]. The fourth-order valence-corrected chi connectivity index (χ4v) is 4.13. The summed E-state index contributed by atoms with van der Waals surface area (Å²) in [4.78, 5) is 9.85. The van der Waals surface area contributed by atoms with Crippen LogP contribution in [0.1, 0.15) is 38.5 Å². The van der Waals surface area contributed by atoms with Crippen LogP contribution < -0.4 is 73.3 Å². The van der Waals surface area contributed by atoms with E-state index in [-0.39, 0.29) is 74.6 Å². The van der Waals surface area contributed by atoms with Crippen molar-refractivity contribution in [1.29, 1.82) is 0 Å². The summed E-state index contributed by atoms with van der Waals surface area (Å²) in [7, 11) is 0. The van der Waals surface area contributed by atoms with E-state index in [4.69, 9.17) is 11.5 Å². The Morgan fingerprint density at radius 1 is 1.37 bits per heavy atom.